The zero-order valence-electron chi connectivity index (χ0n) is 10.8. The van der Waals surface area contributed by atoms with Crippen molar-refractivity contribution in [2.75, 3.05) is 20.2 Å². The summed E-state index contributed by atoms with van der Waals surface area (Å²) >= 11 is 5.37. The van der Waals surface area contributed by atoms with E-state index in [0.29, 0.717) is 6.10 Å². The van der Waals surface area contributed by atoms with Crippen LogP contribution in [0.15, 0.2) is 30.3 Å². The maximum atomic E-state index is 5.56. The van der Waals surface area contributed by atoms with Crippen molar-refractivity contribution in [1.82, 2.24) is 10.2 Å². The second-order valence-electron chi connectivity index (χ2n) is 4.66. The number of hydrogen-bond acceptors (Lipinski definition) is 2. The molecular formula is C14H20N2OS. The molecule has 1 heterocycles. The van der Waals surface area contributed by atoms with Gasteiger partial charge in [-0.15, -0.1) is 0 Å². The summed E-state index contributed by atoms with van der Waals surface area (Å²) in [5.41, 5.74) is 1.27. The first-order valence-electron chi connectivity index (χ1n) is 6.40. The quantitative estimate of drug-likeness (QED) is 0.842. The van der Waals surface area contributed by atoms with Crippen molar-refractivity contribution < 1.29 is 4.74 Å². The van der Waals surface area contributed by atoms with Crippen molar-refractivity contribution in [2.24, 2.45) is 0 Å². The van der Waals surface area contributed by atoms with Gasteiger partial charge in [-0.1, -0.05) is 30.3 Å². The molecule has 0 amide bonds. The van der Waals surface area contributed by atoms with Crippen molar-refractivity contribution in [3.8, 4) is 0 Å². The van der Waals surface area contributed by atoms with Crippen LogP contribution in [0.1, 0.15) is 18.4 Å². The monoisotopic (exact) mass is 264 g/mol. The molecule has 4 heteroatoms. The molecule has 0 spiro atoms. The fraction of sp³-hybridized carbons (Fsp3) is 0.500. The molecule has 2 rings (SSSR count). The number of hydrogen-bond donors (Lipinski definition) is 1. The first-order valence-corrected chi connectivity index (χ1v) is 6.81. The fourth-order valence-corrected chi connectivity index (χ4v) is 2.22. The van der Waals surface area contributed by atoms with Crippen LogP contribution < -0.4 is 5.32 Å². The fourth-order valence-electron chi connectivity index (χ4n) is 2.07. The zero-order valence-corrected chi connectivity index (χ0v) is 11.6. The summed E-state index contributed by atoms with van der Waals surface area (Å²) < 4.78 is 5.56. The second-order valence-corrected chi connectivity index (χ2v) is 5.05. The Kier molecular flexibility index (Phi) is 4.96. The van der Waals surface area contributed by atoms with Gasteiger partial charge in [0.1, 0.15) is 0 Å². The predicted molar refractivity (Wildman–Crippen MR) is 77.5 cm³/mol. The van der Waals surface area contributed by atoms with Gasteiger partial charge in [0.05, 0.1) is 6.10 Å². The maximum absolute atomic E-state index is 5.56. The Bertz CT molecular complexity index is 377. The summed E-state index contributed by atoms with van der Waals surface area (Å²) in [4.78, 5) is 2.06. The molecule has 1 aromatic carbocycles. The van der Waals surface area contributed by atoms with E-state index in [0.717, 1.165) is 31.2 Å². The molecule has 18 heavy (non-hydrogen) atoms. The molecule has 0 aromatic heterocycles. The van der Waals surface area contributed by atoms with Crippen molar-refractivity contribution in [1.29, 1.82) is 0 Å². The number of benzene rings is 1. The van der Waals surface area contributed by atoms with E-state index in [1.807, 2.05) is 25.2 Å². The molecule has 0 aliphatic carbocycles. The highest BCUT2D eigenvalue weighted by molar-refractivity contribution is 7.80. The van der Waals surface area contributed by atoms with Gasteiger partial charge in [0.15, 0.2) is 5.11 Å². The number of ether oxygens (including phenoxy) is 1. The molecule has 0 saturated carbocycles. The third-order valence-corrected chi connectivity index (χ3v) is 3.57. The summed E-state index contributed by atoms with van der Waals surface area (Å²) in [6.45, 7) is 2.54. The minimum absolute atomic E-state index is 0.327. The van der Waals surface area contributed by atoms with Gasteiger partial charge in [0.25, 0.3) is 0 Å². The smallest absolute Gasteiger partial charge is 0.169 e. The Hall–Kier alpha value is -1.13. The molecule has 1 aromatic rings. The lowest BCUT2D eigenvalue weighted by molar-refractivity contribution is 0.113. The molecule has 98 valence electrons. The van der Waals surface area contributed by atoms with Crippen LogP contribution in [0.5, 0.6) is 0 Å². The van der Waals surface area contributed by atoms with Crippen molar-refractivity contribution in [3.05, 3.63) is 35.9 Å². The van der Waals surface area contributed by atoms with E-state index < -0.39 is 0 Å². The van der Waals surface area contributed by atoms with Crippen LogP contribution >= 0.6 is 12.2 Å². The second kappa shape index (κ2) is 6.71. The molecule has 0 radical (unpaired) electrons. The standard InChI is InChI=1S/C14H20N2OS/c1-16(11-12-6-3-2-4-7-12)14(18)15-10-13-8-5-9-17-13/h2-4,6-7,13H,5,8-11H2,1H3,(H,15,18)/t13-/m1/s1. The molecule has 3 nitrogen and oxygen atoms in total. The lowest BCUT2D eigenvalue weighted by Gasteiger charge is -2.22. The average Bonchev–Trinajstić information content (AvgIpc) is 2.90. The average molecular weight is 264 g/mol. The molecule has 0 bridgehead atoms. The van der Waals surface area contributed by atoms with Crippen LogP contribution in [0.2, 0.25) is 0 Å². The summed E-state index contributed by atoms with van der Waals surface area (Å²) in [6, 6.07) is 10.3. The normalized spacial score (nSPS) is 18.6. The first-order chi connectivity index (χ1) is 8.75. The SMILES string of the molecule is CN(Cc1ccccc1)C(=S)NC[C@H]1CCCO1. The Labute approximate surface area is 114 Å². The van der Waals surface area contributed by atoms with Gasteiger partial charge in [0, 0.05) is 26.7 Å². The van der Waals surface area contributed by atoms with Gasteiger partial charge in [0.2, 0.25) is 0 Å². The van der Waals surface area contributed by atoms with Crippen molar-refractivity contribution in [2.45, 2.75) is 25.5 Å². The lowest BCUT2D eigenvalue weighted by atomic mass is 10.2. The summed E-state index contributed by atoms with van der Waals surface area (Å²) in [5.74, 6) is 0. The highest BCUT2D eigenvalue weighted by atomic mass is 32.1. The minimum atomic E-state index is 0.327. The molecule has 1 saturated heterocycles. The minimum Gasteiger partial charge on any atom is -0.376 e. The Morgan fingerprint density at radius 3 is 2.89 bits per heavy atom. The van der Waals surface area contributed by atoms with Crippen LogP contribution in [-0.2, 0) is 11.3 Å². The summed E-state index contributed by atoms with van der Waals surface area (Å²) in [6.07, 6.45) is 2.63. The van der Waals surface area contributed by atoms with Gasteiger partial charge < -0.3 is 15.0 Å². The largest absolute Gasteiger partial charge is 0.376 e. The van der Waals surface area contributed by atoms with Gasteiger partial charge in [-0.3, -0.25) is 0 Å². The van der Waals surface area contributed by atoms with E-state index in [-0.39, 0.29) is 0 Å². The molecule has 1 aliphatic rings. The molecular weight excluding hydrogens is 244 g/mol. The third kappa shape index (κ3) is 3.96. The van der Waals surface area contributed by atoms with E-state index in [2.05, 4.69) is 22.3 Å². The Balaban J connectivity index is 1.74. The molecule has 1 aliphatic heterocycles. The number of nitrogens with zero attached hydrogens (tertiary/aromatic N) is 1. The first kappa shape index (κ1) is 13.3. The highest BCUT2D eigenvalue weighted by Crippen LogP contribution is 2.10. The summed E-state index contributed by atoms with van der Waals surface area (Å²) in [5, 5.41) is 4.06. The van der Waals surface area contributed by atoms with Crippen LogP contribution in [-0.4, -0.2) is 36.3 Å². The van der Waals surface area contributed by atoms with E-state index in [9.17, 15) is 0 Å². The number of thiocarbonyl (C=S) groups is 1. The number of rotatable bonds is 4. The van der Waals surface area contributed by atoms with E-state index >= 15 is 0 Å². The van der Waals surface area contributed by atoms with Crippen LogP contribution in [0, 0.1) is 0 Å². The molecule has 1 atom stereocenters. The van der Waals surface area contributed by atoms with Crippen molar-refractivity contribution in [3.63, 3.8) is 0 Å². The molecule has 0 unspecified atom stereocenters. The highest BCUT2D eigenvalue weighted by Gasteiger charge is 2.16. The van der Waals surface area contributed by atoms with E-state index in [4.69, 9.17) is 17.0 Å². The number of nitrogens with one attached hydrogen (secondary N) is 1. The Morgan fingerprint density at radius 2 is 2.22 bits per heavy atom. The topological polar surface area (TPSA) is 24.5 Å². The van der Waals surface area contributed by atoms with Crippen molar-refractivity contribution >= 4 is 17.3 Å². The summed E-state index contributed by atoms with van der Waals surface area (Å²) in [7, 11) is 2.01. The van der Waals surface area contributed by atoms with Gasteiger partial charge in [-0.25, -0.2) is 0 Å². The molecule has 1 N–H and O–H groups in total. The predicted octanol–water partition coefficient (Wildman–Crippen LogP) is 2.17. The van der Waals surface area contributed by atoms with Gasteiger partial charge in [-0.2, -0.15) is 0 Å². The maximum Gasteiger partial charge on any atom is 0.169 e. The zero-order chi connectivity index (χ0) is 12.8. The van der Waals surface area contributed by atoms with Crippen LogP contribution in [0.4, 0.5) is 0 Å². The Morgan fingerprint density at radius 1 is 1.44 bits per heavy atom. The van der Waals surface area contributed by atoms with E-state index in [1.54, 1.807) is 0 Å². The van der Waals surface area contributed by atoms with Crippen LogP contribution in [0.25, 0.3) is 0 Å². The van der Waals surface area contributed by atoms with E-state index in [1.165, 1.54) is 12.0 Å². The van der Waals surface area contributed by atoms with Gasteiger partial charge in [-0.05, 0) is 30.6 Å². The molecule has 1 fully saturated rings. The van der Waals surface area contributed by atoms with Crippen LogP contribution in [0.3, 0.4) is 0 Å². The lowest BCUT2D eigenvalue weighted by Crippen LogP contribution is -2.40. The van der Waals surface area contributed by atoms with Gasteiger partial charge >= 0.3 is 0 Å². The third-order valence-electron chi connectivity index (χ3n) is 3.11.